The first-order valence-corrected chi connectivity index (χ1v) is 4.31. The number of aliphatic hydroxyl groups excluding tert-OH is 1. The highest BCUT2D eigenvalue weighted by Gasteiger charge is 2.22. The van der Waals surface area contributed by atoms with Crippen molar-refractivity contribution in [2.75, 3.05) is 27.9 Å². The van der Waals surface area contributed by atoms with Gasteiger partial charge in [-0.25, -0.2) is 0 Å². The maximum absolute atomic E-state index is 9.53. The normalized spacial score (nSPS) is 17.1. The summed E-state index contributed by atoms with van der Waals surface area (Å²) in [7, 11) is 4.42. The fourth-order valence-electron chi connectivity index (χ4n) is 1.10. The van der Waals surface area contributed by atoms with Gasteiger partial charge in [0.1, 0.15) is 12.2 Å². The van der Waals surface area contributed by atoms with Crippen LogP contribution >= 0.6 is 0 Å². The lowest BCUT2D eigenvalue weighted by Crippen LogP contribution is -2.35. The number of hydrogen-bond acceptors (Lipinski definition) is 5. The molecule has 0 heterocycles. The monoisotopic (exact) mass is 203 g/mol. The molecule has 0 aliphatic carbocycles. The number of rotatable bonds is 7. The van der Waals surface area contributed by atoms with Crippen LogP contribution in [0.4, 0.5) is 0 Å². The Kier molecular flexibility index (Phi) is 7.34. The van der Waals surface area contributed by atoms with Gasteiger partial charge >= 0.3 is 0 Å². The van der Waals surface area contributed by atoms with Gasteiger partial charge in [0.2, 0.25) is 0 Å². The molecule has 0 spiro atoms. The standard InChI is InChI=1S/C9H17NO4/c1-12-6-8(11)9(14-3)4-7(5-10)13-2/h7-9,11H,4,6H2,1-3H3/t7-,8-,9+/m1/s1. The molecule has 0 bridgehead atoms. The van der Waals surface area contributed by atoms with Crippen molar-refractivity contribution in [2.45, 2.75) is 24.7 Å². The van der Waals surface area contributed by atoms with Gasteiger partial charge in [0, 0.05) is 27.8 Å². The maximum atomic E-state index is 9.53. The molecule has 0 fully saturated rings. The minimum atomic E-state index is -0.740. The molecule has 3 atom stereocenters. The molecule has 0 aromatic rings. The van der Waals surface area contributed by atoms with Crippen LogP contribution in [-0.2, 0) is 14.2 Å². The van der Waals surface area contributed by atoms with Crippen LogP contribution in [0, 0.1) is 11.3 Å². The van der Waals surface area contributed by atoms with Crippen molar-refractivity contribution < 1.29 is 19.3 Å². The van der Waals surface area contributed by atoms with E-state index >= 15 is 0 Å². The van der Waals surface area contributed by atoms with Crippen LogP contribution < -0.4 is 0 Å². The van der Waals surface area contributed by atoms with Gasteiger partial charge in [0.15, 0.2) is 0 Å². The summed E-state index contributed by atoms with van der Waals surface area (Å²) >= 11 is 0. The topological polar surface area (TPSA) is 71.7 Å². The Balaban J connectivity index is 4.07. The van der Waals surface area contributed by atoms with Crippen LogP contribution in [0.15, 0.2) is 0 Å². The first-order valence-electron chi connectivity index (χ1n) is 4.31. The van der Waals surface area contributed by atoms with E-state index in [9.17, 15) is 5.11 Å². The van der Waals surface area contributed by atoms with Crippen molar-refractivity contribution >= 4 is 0 Å². The molecule has 0 saturated heterocycles. The number of aliphatic hydroxyl groups is 1. The first-order chi connectivity index (χ1) is 6.69. The zero-order valence-corrected chi connectivity index (χ0v) is 8.77. The molecular weight excluding hydrogens is 186 g/mol. The number of methoxy groups -OCH3 is 3. The van der Waals surface area contributed by atoms with Crippen LogP contribution in [0.25, 0.3) is 0 Å². The van der Waals surface area contributed by atoms with E-state index in [1.807, 2.05) is 6.07 Å². The Labute approximate surface area is 84.2 Å². The average Bonchev–Trinajstić information content (AvgIpc) is 2.20. The summed E-state index contributed by atoms with van der Waals surface area (Å²) in [5.41, 5.74) is 0. The molecule has 5 heteroatoms. The zero-order chi connectivity index (χ0) is 11.0. The van der Waals surface area contributed by atoms with Gasteiger partial charge in [0.25, 0.3) is 0 Å². The Bertz CT molecular complexity index is 180. The minimum Gasteiger partial charge on any atom is -0.388 e. The second-order valence-electron chi connectivity index (χ2n) is 2.89. The van der Waals surface area contributed by atoms with Gasteiger partial charge in [-0.15, -0.1) is 0 Å². The zero-order valence-electron chi connectivity index (χ0n) is 8.77. The third kappa shape index (κ3) is 4.53. The van der Waals surface area contributed by atoms with E-state index in [-0.39, 0.29) is 6.61 Å². The lowest BCUT2D eigenvalue weighted by atomic mass is 10.1. The summed E-state index contributed by atoms with van der Waals surface area (Å²) in [4.78, 5) is 0. The molecular formula is C9H17NO4. The number of nitriles is 1. The Morgan fingerprint density at radius 2 is 1.93 bits per heavy atom. The average molecular weight is 203 g/mol. The smallest absolute Gasteiger partial charge is 0.146 e. The highest BCUT2D eigenvalue weighted by molar-refractivity contribution is 4.87. The summed E-state index contributed by atoms with van der Waals surface area (Å²) < 4.78 is 14.7. The van der Waals surface area contributed by atoms with E-state index in [0.717, 1.165) is 0 Å². The van der Waals surface area contributed by atoms with Crippen LogP contribution in [0.1, 0.15) is 6.42 Å². The van der Waals surface area contributed by atoms with Crippen molar-refractivity contribution in [3.05, 3.63) is 0 Å². The first kappa shape index (κ1) is 13.3. The van der Waals surface area contributed by atoms with E-state index in [0.29, 0.717) is 6.42 Å². The van der Waals surface area contributed by atoms with Gasteiger partial charge in [-0.1, -0.05) is 0 Å². The number of ether oxygens (including phenoxy) is 3. The van der Waals surface area contributed by atoms with Crippen LogP contribution in [-0.4, -0.2) is 51.4 Å². The van der Waals surface area contributed by atoms with Crippen LogP contribution in [0.5, 0.6) is 0 Å². The summed E-state index contributed by atoms with van der Waals surface area (Å²) in [6.45, 7) is 0.181. The fraction of sp³-hybridized carbons (Fsp3) is 0.889. The predicted octanol–water partition coefficient (Wildman–Crippen LogP) is -0.0626. The molecule has 1 N–H and O–H groups in total. The highest BCUT2D eigenvalue weighted by atomic mass is 16.5. The van der Waals surface area contributed by atoms with E-state index in [1.165, 1.54) is 21.3 Å². The molecule has 0 aromatic carbocycles. The Morgan fingerprint density at radius 1 is 1.29 bits per heavy atom. The van der Waals surface area contributed by atoms with Gasteiger partial charge in [0.05, 0.1) is 18.8 Å². The number of nitrogens with zero attached hydrogens (tertiary/aromatic N) is 1. The van der Waals surface area contributed by atoms with Crippen LogP contribution in [0.2, 0.25) is 0 Å². The molecule has 0 aliphatic rings. The SMILES string of the molecule is COC[C@@H](O)[C@H](C[C@H](C#N)OC)OC. The van der Waals surface area contributed by atoms with Crippen molar-refractivity contribution in [3.8, 4) is 6.07 Å². The third-order valence-electron chi connectivity index (χ3n) is 1.94. The fourth-order valence-corrected chi connectivity index (χ4v) is 1.10. The van der Waals surface area contributed by atoms with E-state index in [2.05, 4.69) is 0 Å². The molecule has 0 saturated carbocycles. The largest absolute Gasteiger partial charge is 0.388 e. The molecule has 0 rings (SSSR count). The lowest BCUT2D eigenvalue weighted by molar-refractivity contribution is -0.0632. The van der Waals surface area contributed by atoms with Gasteiger partial charge in [-0.3, -0.25) is 0 Å². The minimum absolute atomic E-state index is 0.181. The second kappa shape index (κ2) is 7.71. The summed E-state index contributed by atoms with van der Waals surface area (Å²) in [5.74, 6) is 0. The quantitative estimate of drug-likeness (QED) is 0.627. The third-order valence-corrected chi connectivity index (χ3v) is 1.94. The molecule has 14 heavy (non-hydrogen) atoms. The van der Waals surface area contributed by atoms with Gasteiger partial charge < -0.3 is 19.3 Å². The molecule has 5 nitrogen and oxygen atoms in total. The predicted molar refractivity (Wildman–Crippen MR) is 49.7 cm³/mol. The van der Waals surface area contributed by atoms with Gasteiger partial charge in [-0.05, 0) is 0 Å². The molecule has 0 unspecified atom stereocenters. The second-order valence-corrected chi connectivity index (χ2v) is 2.89. The lowest BCUT2D eigenvalue weighted by Gasteiger charge is -2.22. The number of hydrogen-bond donors (Lipinski definition) is 1. The van der Waals surface area contributed by atoms with Crippen molar-refractivity contribution in [1.29, 1.82) is 5.26 Å². The van der Waals surface area contributed by atoms with E-state index < -0.39 is 18.3 Å². The van der Waals surface area contributed by atoms with Crippen molar-refractivity contribution in [2.24, 2.45) is 0 Å². The van der Waals surface area contributed by atoms with E-state index in [1.54, 1.807) is 0 Å². The Hall–Kier alpha value is -0.670. The van der Waals surface area contributed by atoms with Crippen molar-refractivity contribution in [1.82, 2.24) is 0 Å². The Morgan fingerprint density at radius 3 is 2.29 bits per heavy atom. The molecule has 0 radical (unpaired) electrons. The van der Waals surface area contributed by atoms with Crippen LogP contribution in [0.3, 0.4) is 0 Å². The maximum Gasteiger partial charge on any atom is 0.146 e. The summed E-state index contributed by atoms with van der Waals surface area (Å²) in [6.07, 6.45) is -1.42. The molecule has 82 valence electrons. The highest BCUT2D eigenvalue weighted by Crippen LogP contribution is 2.09. The van der Waals surface area contributed by atoms with Crippen molar-refractivity contribution in [3.63, 3.8) is 0 Å². The van der Waals surface area contributed by atoms with Gasteiger partial charge in [-0.2, -0.15) is 5.26 Å². The summed E-state index contributed by atoms with van der Waals surface area (Å²) in [5, 5.41) is 18.2. The summed E-state index contributed by atoms with van der Waals surface area (Å²) in [6, 6.07) is 1.96. The molecule has 0 aromatic heterocycles. The molecule has 0 aliphatic heterocycles. The molecule has 0 amide bonds. The van der Waals surface area contributed by atoms with E-state index in [4.69, 9.17) is 19.5 Å².